The molecule has 0 spiro atoms. The summed E-state index contributed by atoms with van der Waals surface area (Å²) < 4.78 is 0. The Hall–Kier alpha value is 1.07. The van der Waals surface area contributed by atoms with Crippen molar-refractivity contribution < 1.29 is 56.2 Å². The molecule has 0 rings (SSSR count). The van der Waals surface area contributed by atoms with Crippen molar-refractivity contribution in [3.63, 3.8) is 0 Å². The van der Waals surface area contributed by atoms with E-state index in [0.717, 1.165) is 0 Å². The van der Waals surface area contributed by atoms with Gasteiger partial charge in [-0.1, -0.05) is 13.0 Å². The van der Waals surface area contributed by atoms with Gasteiger partial charge in [-0.3, -0.25) is 4.79 Å². The zero-order valence-corrected chi connectivity index (χ0v) is 11.2. The Balaban J connectivity index is -0.000000320. The summed E-state index contributed by atoms with van der Waals surface area (Å²) in [7, 11) is 0. The molecule has 0 aromatic carbocycles. The van der Waals surface area contributed by atoms with E-state index in [2.05, 4.69) is 5.32 Å². The second kappa shape index (κ2) is 9.16. The number of carbonyl (C=O) groups is 1. The summed E-state index contributed by atoms with van der Waals surface area (Å²) in [6, 6.07) is -0.502. The van der Waals surface area contributed by atoms with E-state index in [-0.39, 0.29) is 70.8 Å². The summed E-state index contributed by atoms with van der Waals surface area (Å²) in [5.74, 6) is -0.204. The van der Waals surface area contributed by atoms with Gasteiger partial charge in [0.25, 0.3) is 0 Å². The van der Waals surface area contributed by atoms with Crippen LogP contribution in [0.5, 0.6) is 0 Å². The SMILES string of the molecule is CC(C)NC(=O)C(C)[NH-].[CH3-].[K+]. The topological polar surface area (TPSA) is 52.9 Å². The smallest absolute Gasteiger partial charge is 0.667 e. The van der Waals surface area contributed by atoms with Crippen LogP contribution in [0.3, 0.4) is 0 Å². The molecule has 0 fully saturated rings. The van der Waals surface area contributed by atoms with Gasteiger partial charge in [-0.25, -0.2) is 0 Å². The molecule has 4 heteroatoms. The Morgan fingerprint density at radius 1 is 1.36 bits per heavy atom. The van der Waals surface area contributed by atoms with E-state index >= 15 is 0 Å². The van der Waals surface area contributed by atoms with E-state index in [9.17, 15) is 4.79 Å². The molecule has 0 bridgehead atoms. The number of nitrogens with one attached hydrogen (secondary N) is 2. The first-order chi connectivity index (χ1) is 4.04. The van der Waals surface area contributed by atoms with Crippen LogP contribution < -0.4 is 56.7 Å². The van der Waals surface area contributed by atoms with Crippen LogP contribution in [0.25, 0.3) is 5.73 Å². The third-order valence-corrected chi connectivity index (χ3v) is 0.824. The van der Waals surface area contributed by atoms with Crippen LogP contribution in [-0.2, 0) is 4.79 Å². The predicted octanol–water partition coefficient (Wildman–Crippen LogP) is -1.59. The number of rotatable bonds is 2. The van der Waals surface area contributed by atoms with E-state index in [0.29, 0.717) is 0 Å². The zero-order valence-electron chi connectivity index (χ0n) is 8.06. The van der Waals surface area contributed by atoms with Crippen LogP contribution in [0.15, 0.2) is 0 Å². The molecule has 0 aliphatic rings. The average Bonchev–Trinajstić information content (AvgIpc) is 1.63. The van der Waals surface area contributed by atoms with Crippen LogP contribution >= 0.6 is 0 Å². The van der Waals surface area contributed by atoms with Crippen molar-refractivity contribution in [3.8, 4) is 0 Å². The molecule has 3 nitrogen and oxygen atoms in total. The second-order valence-corrected chi connectivity index (χ2v) is 2.38. The van der Waals surface area contributed by atoms with Crippen molar-refractivity contribution in [3.05, 3.63) is 13.2 Å². The molecule has 11 heavy (non-hydrogen) atoms. The first-order valence-electron chi connectivity index (χ1n) is 3.05. The maximum absolute atomic E-state index is 10.7. The Kier molecular flexibility index (Phi) is 15.0. The van der Waals surface area contributed by atoms with E-state index < -0.39 is 6.04 Å². The summed E-state index contributed by atoms with van der Waals surface area (Å²) in [5, 5.41) is 2.62. The number of hydrogen-bond acceptors (Lipinski definition) is 1. The molecule has 0 saturated heterocycles. The van der Waals surface area contributed by atoms with Crippen LogP contribution in [0.4, 0.5) is 0 Å². The Bertz CT molecular complexity index is 105. The summed E-state index contributed by atoms with van der Waals surface area (Å²) in [6.07, 6.45) is 0. The predicted molar refractivity (Wildman–Crippen MR) is 43.5 cm³/mol. The molecule has 1 unspecified atom stereocenters. The van der Waals surface area contributed by atoms with Crippen LogP contribution in [0, 0.1) is 7.43 Å². The molecule has 0 aromatic rings. The van der Waals surface area contributed by atoms with Gasteiger partial charge >= 0.3 is 51.4 Å². The molecule has 0 aliphatic heterocycles. The first-order valence-corrected chi connectivity index (χ1v) is 3.05. The fourth-order valence-electron chi connectivity index (χ4n) is 0.410. The molecule has 0 aromatic heterocycles. The molecule has 0 radical (unpaired) electrons. The Morgan fingerprint density at radius 3 is 1.82 bits per heavy atom. The standard InChI is InChI=1S/C6H13N2O.CH3.K/c1-4(2)8-6(9)5(3)7;;/h4-5,7H,1-3H3,(H,8,9);1H3;/q2*-1;+1. The van der Waals surface area contributed by atoms with Gasteiger partial charge in [0, 0.05) is 6.04 Å². The summed E-state index contributed by atoms with van der Waals surface area (Å²) in [5.41, 5.74) is 6.96. The number of amides is 1. The normalized spacial score (nSPS) is 11.0. The molecule has 0 saturated carbocycles. The molecular formula is C7H16KN2O-. The third-order valence-electron chi connectivity index (χ3n) is 0.824. The minimum atomic E-state index is -0.646. The van der Waals surface area contributed by atoms with Gasteiger partial charge < -0.3 is 18.5 Å². The van der Waals surface area contributed by atoms with E-state index in [1.165, 1.54) is 0 Å². The van der Waals surface area contributed by atoms with Crippen LogP contribution in [0.1, 0.15) is 20.8 Å². The molecule has 2 N–H and O–H groups in total. The van der Waals surface area contributed by atoms with Gasteiger partial charge in [0.1, 0.15) is 0 Å². The quantitative estimate of drug-likeness (QED) is 0.407. The average molecular weight is 183 g/mol. The second-order valence-electron chi connectivity index (χ2n) is 2.38. The molecule has 0 aliphatic carbocycles. The van der Waals surface area contributed by atoms with E-state index in [4.69, 9.17) is 5.73 Å². The van der Waals surface area contributed by atoms with Gasteiger partial charge in [-0.05, 0) is 13.8 Å². The summed E-state index contributed by atoms with van der Waals surface area (Å²) in [4.78, 5) is 10.7. The number of hydrogen-bond donors (Lipinski definition) is 1. The minimum absolute atomic E-state index is 0. The fraction of sp³-hybridized carbons (Fsp3) is 0.714. The number of carbonyl (C=O) groups excluding carboxylic acids is 1. The maximum Gasteiger partial charge on any atom is 1.00 e. The van der Waals surface area contributed by atoms with Gasteiger partial charge in [-0.2, -0.15) is 0 Å². The summed E-state index contributed by atoms with van der Waals surface area (Å²) >= 11 is 0. The Morgan fingerprint density at radius 2 is 1.73 bits per heavy atom. The minimum Gasteiger partial charge on any atom is -0.667 e. The van der Waals surface area contributed by atoms with E-state index in [1.54, 1.807) is 6.92 Å². The van der Waals surface area contributed by atoms with E-state index in [1.807, 2.05) is 13.8 Å². The van der Waals surface area contributed by atoms with Gasteiger partial charge in [0.05, 0.1) is 0 Å². The van der Waals surface area contributed by atoms with Crippen molar-refractivity contribution in [2.75, 3.05) is 0 Å². The van der Waals surface area contributed by atoms with Gasteiger partial charge in [0.2, 0.25) is 5.91 Å². The van der Waals surface area contributed by atoms with Crippen molar-refractivity contribution in [1.29, 1.82) is 0 Å². The van der Waals surface area contributed by atoms with Crippen molar-refractivity contribution >= 4 is 5.91 Å². The monoisotopic (exact) mass is 183 g/mol. The molecule has 0 heterocycles. The third kappa shape index (κ3) is 11.1. The molecule has 62 valence electrons. The zero-order chi connectivity index (χ0) is 7.44. The van der Waals surface area contributed by atoms with Crippen molar-refractivity contribution in [1.82, 2.24) is 5.32 Å². The molecule has 1 atom stereocenters. The molecular weight excluding hydrogens is 167 g/mol. The maximum atomic E-state index is 10.7. The largest absolute Gasteiger partial charge is 1.00 e. The van der Waals surface area contributed by atoms with Crippen LogP contribution in [-0.4, -0.2) is 18.0 Å². The summed E-state index contributed by atoms with van der Waals surface area (Å²) in [6.45, 7) is 5.30. The van der Waals surface area contributed by atoms with Crippen LogP contribution in [0.2, 0.25) is 0 Å². The molecule has 1 amide bonds. The van der Waals surface area contributed by atoms with Crippen molar-refractivity contribution in [2.45, 2.75) is 32.9 Å². The fourth-order valence-corrected chi connectivity index (χ4v) is 0.410. The van der Waals surface area contributed by atoms with Gasteiger partial charge in [0.15, 0.2) is 0 Å². The Labute approximate surface area is 112 Å². The van der Waals surface area contributed by atoms with Crippen molar-refractivity contribution in [2.24, 2.45) is 0 Å². The first kappa shape index (κ1) is 18.0. The van der Waals surface area contributed by atoms with Gasteiger partial charge in [-0.15, -0.1) is 0 Å².